The standard InChI is InChI=1S/C16H24N2O5S/c1-12(2)11-23-13-7-9-17(10-8-13)14-5-4-6-15(24(3,21)22)16(14)18(19)20/h4-6,12-13H,7-11H2,1-3H3. The van der Waals surface area contributed by atoms with Crippen molar-refractivity contribution in [2.45, 2.75) is 37.7 Å². The Bertz CT molecular complexity index is 694. The van der Waals surface area contributed by atoms with E-state index in [1.54, 1.807) is 12.1 Å². The average molecular weight is 356 g/mol. The Kier molecular flexibility index (Phi) is 5.82. The van der Waals surface area contributed by atoms with Crippen LogP contribution >= 0.6 is 0 Å². The van der Waals surface area contributed by atoms with Gasteiger partial charge in [-0.3, -0.25) is 10.1 Å². The topological polar surface area (TPSA) is 89.8 Å². The third-order valence-corrected chi connectivity index (χ3v) is 5.14. The van der Waals surface area contributed by atoms with Crippen LogP contribution in [-0.2, 0) is 14.6 Å². The lowest BCUT2D eigenvalue weighted by atomic mass is 10.1. The van der Waals surface area contributed by atoms with Crippen LogP contribution in [-0.4, -0.2) is 45.4 Å². The number of benzene rings is 1. The van der Waals surface area contributed by atoms with E-state index in [1.807, 2.05) is 4.90 Å². The first kappa shape index (κ1) is 18.7. The molecule has 0 amide bonds. The minimum Gasteiger partial charge on any atom is -0.378 e. The second kappa shape index (κ2) is 7.48. The van der Waals surface area contributed by atoms with E-state index in [4.69, 9.17) is 4.74 Å². The molecule has 0 saturated carbocycles. The van der Waals surface area contributed by atoms with Crippen molar-refractivity contribution in [2.75, 3.05) is 30.9 Å². The molecule has 0 aliphatic carbocycles. The van der Waals surface area contributed by atoms with Gasteiger partial charge in [-0.15, -0.1) is 0 Å². The van der Waals surface area contributed by atoms with Crippen molar-refractivity contribution in [1.82, 2.24) is 0 Å². The molecule has 134 valence electrons. The molecule has 1 heterocycles. The summed E-state index contributed by atoms with van der Waals surface area (Å²) < 4.78 is 29.5. The first-order valence-electron chi connectivity index (χ1n) is 8.04. The lowest BCUT2D eigenvalue weighted by Crippen LogP contribution is -2.37. The molecule has 0 spiro atoms. The first-order valence-corrected chi connectivity index (χ1v) is 9.93. The van der Waals surface area contributed by atoms with E-state index in [-0.39, 0.29) is 16.7 Å². The highest BCUT2D eigenvalue weighted by Gasteiger charge is 2.30. The second-order valence-corrected chi connectivity index (χ2v) is 8.55. The summed E-state index contributed by atoms with van der Waals surface area (Å²) in [4.78, 5) is 12.5. The van der Waals surface area contributed by atoms with Gasteiger partial charge in [0.05, 0.1) is 11.0 Å². The number of hydrogen-bond acceptors (Lipinski definition) is 6. The van der Waals surface area contributed by atoms with Crippen molar-refractivity contribution in [3.63, 3.8) is 0 Å². The maximum absolute atomic E-state index is 11.9. The van der Waals surface area contributed by atoms with Gasteiger partial charge in [0, 0.05) is 26.0 Å². The number of rotatable bonds is 6. The highest BCUT2D eigenvalue weighted by atomic mass is 32.2. The van der Waals surface area contributed by atoms with Gasteiger partial charge in [0.2, 0.25) is 0 Å². The highest BCUT2D eigenvalue weighted by Crippen LogP contribution is 2.36. The number of hydrogen-bond donors (Lipinski definition) is 0. The molecule has 0 N–H and O–H groups in total. The van der Waals surface area contributed by atoms with E-state index in [9.17, 15) is 18.5 Å². The molecule has 0 atom stereocenters. The Hall–Kier alpha value is -1.67. The summed E-state index contributed by atoms with van der Waals surface area (Å²) in [6.45, 7) is 6.10. The number of piperidine rings is 1. The molecule has 1 aliphatic heterocycles. The molecule has 0 radical (unpaired) electrons. The van der Waals surface area contributed by atoms with Gasteiger partial charge in [0.15, 0.2) is 9.84 Å². The SMILES string of the molecule is CC(C)COC1CCN(c2cccc(S(C)(=O)=O)c2[N+](=O)[O-])CC1. The number of anilines is 1. The monoisotopic (exact) mass is 356 g/mol. The predicted molar refractivity (Wildman–Crippen MR) is 92.2 cm³/mol. The Balaban J connectivity index is 2.20. The van der Waals surface area contributed by atoms with E-state index in [0.29, 0.717) is 31.3 Å². The Morgan fingerprint density at radius 2 is 1.96 bits per heavy atom. The maximum Gasteiger partial charge on any atom is 0.311 e. The summed E-state index contributed by atoms with van der Waals surface area (Å²) >= 11 is 0. The van der Waals surface area contributed by atoms with Gasteiger partial charge in [-0.2, -0.15) is 0 Å². The number of para-hydroxylation sites is 1. The van der Waals surface area contributed by atoms with Crippen LogP contribution in [0.25, 0.3) is 0 Å². The van der Waals surface area contributed by atoms with Crippen LogP contribution in [0.3, 0.4) is 0 Å². The van der Waals surface area contributed by atoms with E-state index in [1.165, 1.54) is 6.07 Å². The van der Waals surface area contributed by atoms with Crippen molar-refractivity contribution < 1.29 is 18.1 Å². The number of nitro benzene ring substituents is 1. The molecular formula is C16H24N2O5S. The summed E-state index contributed by atoms with van der Waals surface area (Å²) in [6.07, 6.45) is 2.69. The molecule has 24 heavy (non-hydrogen) atoms. The molecule has 1 aromatic carbocycles. The van der Waals surface area contributed by atoms with Gasteiger partial charge in [-0.1, -0.05) is 19.9 Å². The van der Waals surface area contributed by atoms with Crippen molar-refractivity contribution >= 4 is 21.2 Å². The molecule has 0 unspecified atom stereocenters. The zero-order valence-electron chi connectivity index (χ0n) is 14.3. The molecule has 1 fully saturated rings. The Morgan fingerprint density at radius 1 is 1.33 bits per heavy atom. The van der Waals surface area contributed by atoms with E-state index in [2.05, 4.69) is 13.8 Å². The van der Waals surface area contributed by atoms with Crippen LogP contribution in [0.15, 0.2) is 23.1 Å². The van der Waals surface area contributed by atoms with Crippen molar-refractivity contribution in [3.05, 3.63) is 28.3 Å². The molecule has 7 nitrogen and oxygen atoms in total. The van der Waals surface area contributed by atoms with Gasteiger partial charge < -0.3 is 9.64 Å². The van der Waals surface area contributed by atoms with Crippen LogP contribution in [0.1, 0.15) is 26.7 Å². The summed E-state index contributed by atoms with van der Waals surface area (Å²) in [5.41, 5.74) is 0.0341. The highest BCUT2D eigenvalue weighted by molar-refractivity contribution is 7.90. The van der Waals surface area contributed by atoms with Crippen LogP contribution < -0.4 is 4.90 Å². The Morgan fingerprint density at radius 3 is 2.46 bits per heavy atom. The maximum atomic E-state index is 11.9. The predicted octanol–water partition coefficient (Wildman–Crippen LogP) is 2.64. The van der Waals surface area contributed by atoms with Crippen molar-refractivity contribution in [3.8, 4) is 0 Å². The first-order chi connectivity index (χ1) is 11.2. The van der Waals surface area contributed by atoms with Crippen LogP contribution in [0.5, 0.6) is 0 Å². The van der Waals surface area contributed by atoms with Gasteiger partial charge in [0.25, 0.3) is 0 Å². The van der Waals surface area contributed by atoms with Crippen molar-refractivity contribution in [2.24, 2.45) is 5.92 Å². The zero-order valence-corrected chi connectivity index (χ0v) is 15.1. The molecule has 0 aromatic heterocycles. The smallest absolute Gasteiger partial charge is 0.311 e. The normalized spacial score (nSPS) is 16.6. The van der Waals surface area contributed by atoms with Crippen LogP contribution in [0, 0.1) is 16.0 Å². The molecule has 1 saturated heterocycles. The quantitative estimate of drug-likeness (QED) is 0.575. The van der Waals surface area contributed by atoms with Gasteiger partial charge >= 0.3 is 5.69 Å². The van der Waals surface area contributed by atoms with Crippen LogP contribution in [0.2, 0.25) is 0 Å². The molecule has 2 rings (SSSR count). The second-order valence-electron chi connectivity index (χ2n) is 6.57. The fourth-order valence-corrected chi connectivity index (χ4v) is 3.70. The van der Waals surface area contributed by atoms with E-state index < -0.39 is 14.8 Å². The summed E-state index contributed by atoms with van der Waals surface area (Å²) in [5, 5.41) is 11.5. The molecular weight excluding hydrogens is 332 g/mol. The van der Waals surface area contributed by atoms with Gasteiger partial charge in [0.1, 0.15) is 10.6 Å². The summed E-state index contributed by atoms with van der Waals surface area (Å²) in [7, 11) is -3.66. The average Bonchev–Trinajstić information content (AvgIpc) is 2.51. The van der Waals surface area contributed by atoms with Crippen molar-refractivity contribution in [1.29, 1.82) is 0 Å². The minimum atomic E-state index is -3.66. The molecule has 1 aromatic rings. The molecule has 0 bridgehead atoms. The fraction of sp³-hybridized carbons (Fsp3) is 0.625. The lowest BCUT2D eigenvalue weighted by Gasteiger charge is -2.33. The number of nitro groups is 1. The van der Waals surface area contributed by atoms with Crippen LogP contribution in [0.4, 0.5) is 11.4 Å². The summed E-state index contributed by atoms with van der Waals surface area (Å²) in [5.74, 6) is 0.468. The van der Waals surface area contributed by atoms with E-state index >= 15 is 0 Å². The lowest BCUT2D eigenvalue weighted by molar-refractivity contribution is -0.387. The van der Waals surface area contributed by atoms with Gasteiger partial charge in [-0.05, 0) is 30.9 Å². The van der Waals surface area contributed by atoms with E-state index in [0.717, 1.165) is 19.1 Å². The third kappa shape index (κ3) is 4.45. The molecule has 8 heteroatoms. The molecule has 1 aliphatic rings. The Labute approximate surface area is 142 Å². The minimum absolute atomic E-state index is 0.154. The summed E-state index contributed by atoms with van der Waals surface area (Å²) in [6, 6.07) is 4.46. The number of sulfone groups is 1. The third-order valence-electron chi connectivity index (χ3n) is 4.01. The largest absolute Gasteiger partial charge is 0.378 e. The number of ether oxygens (including phenoxy) is 1. The zero-order chi connectivity index (χ0) is 17.9. The number of nitrogens with zero attached hydrogens (tertiary/aromatic N) is 2. The van der Waals surface area contributed by atoms with Gasteiger partial charge in [-0.25, -0.2) is 8.42 Å². The fourth-order valence-electron chi connectivity index (χ4n) is 2.84.